The molecular formula is C22H20BrCl2FN4O2. The number of hydrogen-bond donors (Lipinski definition) is 0. The molecule has 10 heteroatoms. The Balaban J connectivity index is 1.30. The monoisotopic (exact) mass is 540 g/mol. The molecule has 0 spiro atoms. The van der Waals surface area contributed by atoms with Gasteiger partial charge in [-0.3, -0.25) is 9.69 Å². The molecule has 0 atom stereocenters. The largest absolute Gasteiger partial charge is 0.470 e. The molecule has 6 nitrogen and oxygen atoms in total. The molecule has 0 unspecified atom stereocenters. The molecule has 1 saturated heterocycles. The Labute approximate surface area is 203 Å². The smallest absolute Gasteiger partial charge is 0.274 e. The number of aromatic nitrogens is 2. The zero-order chi connectivity index (χ0) is 22.7. The molecule has 3 aromatic rings. The summed E-state index contributed by atoms with van der Waals surface area (Å²) in [6.07, 6.45) is 1.69. The van der Waals surface area contributed by atoms with Gasteiger partial charge in [-0.15, -0.1) is 0 Å². The quantitative estimate of drug-likeness (QED) is 0.436. The maximum absolute atomic E-state index is 14.0. The average Bonchev–Trinajstić information content (AvgIpc) is 3.25. The highest BCUT2D eigenvalue weighted by atomic mass is 79.9. The molecule has 0 N–H and O–H groups in total. The highest BCUT2D eigenvalue weighted by molar-refractivity contribution is 9.10. The molecule has 168 valence electrons. The number of hydrogen-bond acceptors (Lipinski definition) is 4. The molecule has 0 radical (unpaired) electrons. The van der Waals surface area contributed by atoms with Crippen LogP contribution in [0.4, 0.5) is 4.39 Å². The van der Waals surface area contributed by atoms with Crippen LogP contribution >= 0.6 is 39.1 Å². The molecule has 32 heavy (non-hydrogen) atoms. The van der Waals surface area contributed by atoms with E-state index in [4.69, 9.17) is 27.9 Å². The maximum atomic E-state index is 14.0. The Bertz CT molecular complexity index is 1100. The number of halogens is 4. The van der Waals surface area contributed by atoms with E-state index < -0.39 is 0 Å². The maximum Gasteiger partial charge on any atom is 0.274 e. The summed E-state index contributed by atoms with van der Waals surface area (Å²) in [4.78, 5) is 16.7. The number of carbonyl (C=O) groups is 1. The van der Waals surface area contributed by atoms with E-state index in [0.29, 0.717) is 59.8 Å². The summed E-state index contributed by atoms with van der Waals surface area (Å²) in [7, 11) is 0. The van der Waals surface area contributed by atoms with E-state index in [2.05, 4.69) is 25.9 Å². The van der Waals surface area contributed by atoms with Gasteiger partial charge in [-0.05, 0) is 36.4 Å². The van der Waals surface area contributed by atoms with Crippen molar-refractivity contribution in [2.75, 3.05) is 26.2 Å². The molecule has 0 aliphatic carbocycles. The number of nitrogens with zero attached hydrogens (tertiary/aromatic N) is 4. The van der Waals surface area contributed by atoms with Gasteiger partial charge in [0.25, 0.3) is 5.91 Å². The van der Waals surface area contributed by atoms with Gasteiger partial charge in [0.05, 0.1) is 5.02 Å². The Hall–Kier alpha value is -2.13. The first-order chi connectivity index (χ1) is 15.4. The van der Waals surface area contributed by atoms with Crippen LogP contribution in [0.15, 0.2) is 53.1 Å². The summed E-state index contributed by atoms with van der Waals surface area (Å²) in [5, 5.41) is 5.23. The molecular weight excluding hydrogens is 522 g/mol. The lowest BCUT2D eigenvalue weighted by atomic mass is 10.1. The van der Waals surface area contributed by atoms with Gasteiger partial charge >= 0.3 is 0 Å². The standard InChI is InChI=1S/C22H20BrCl2FN4O2/c23-15-4-5-21(18(25)12-15)32-14-30-7-6-20(27-30)22(31)29-10-8-28(9-11-29)13-16-17(24)2-1-3-19(16)26/h1-7,12H,8-11,13-14H2. The predicted molar refractivity (Wildman–Crippen MR) is 125 cm³/mol. The highest BCUT2D eigenvalue weighted by Gasteiger charge is 2.24. The molecule has 1 aliphatic heterocycles. The highest BCUT2D eigenvalue weighted by Crippen LogP contribution is 2.28. The van der Waals surface area contributed by atoms with Crippen molar-refractivity contribution in [2.24, 2.45) is 0 Å². The minimum absolute atomic E-state index is 0.131. The molecule has 1 aliphatic rings. The van der Waals surface area contributed by atoms with Crippen molar-refractivity contribution in [2.45, 2.75) is 13.3 Å². The Morgan fingerprint density at radius 1 is 1.09 bits per heavy atom. The summed E-state index contributed by atoms with van der Waals surface area (Å²) < 4.78 is 22.1. The lowest BCUT2D eigenvalue weighted by Gasteiger charge is -2.34. The van der Waals surface area contributed by atoms with Crippen molar-refractivity contribution in [1.29, 1.82) is 0 Å². The zero-order valence-corrected chi connectivity index (χ0v) is 20.1. The number of piperazine rings is 1. The lowest BCUT2D eigenvalue weighted by Crippen LogP contribution is -2.48. The first-order valence-electron chi connectivity index (χ1n) is 9.96. The second-order valence-electron chi connectivity index (χ2n) is 7.36. The van der Waals surface area contributed by atoms with Crippen LogP contribution in [0.1, 0.15) is 16.1 Å². The van der Waals surface area contributed by atoms with Crippen molar-refractivity contribution in [3.8, 4) is 5.75 Å². The van der Waals surface area contributed by atoms with Gasteiger partial charge in [0.2, 0.25) is 0 Å². The van der Waals surface area contributed by atoms with Crippen molar-refractivity contribution < 1.29 is 13.9 Å². The van der Waals surface area contributed by atoms with Crippen LogP contribution < -0.4 is 4.74 Å². The van der Waals surface area contributed by atoms with Crippen molar-refractivity contribution in [3.63, 3.8) is 0 Å². The van der Waals surface area contributed by atoms with Crippen LogP contribution in [0.25, 0.3) is 0 Å². The molecule has 0 saturated carbocycles. The van der Waals surface area contributed by atoms with Crippen LogP contribution in [-0.4, -0.2) is 51.7 Å². The Kier molecular flexibility index (Phi) is 7.35. The first kappa shape index (κ1) is 23.0. The first-order valence-corrected chi connectivity index (χ1v) is 11.5. The van der Waals surface area contributed by atoms with Gasteiger partial charge in [-0.25, -0.2) is 9.07 Å². The summed E-state index contributed by atoms with van der Waals surface area (Å²) >= 11 is 15.6. The third kappa shape index (κ3) is 5.43. The average molecular weight is 542 g/mol. The molecule has 2 heterocycles. The number of carbonyl (C=O) groups excluding carboxylic acids is 1. The van der Waals surface area contributed by atoms with E-state index in [1.165, 1.54) is 6.07 Å². The van der Waals surface area contributed by atoms with E-state index in [1.54, 1.807) is 46.1 Å². The third-order valence-electron chi connectivity index (χ3n) is 5.21. The lowest BCUT2D eigenvalue weighted by molar-refractivity contribution is 0.0619. The minimum Gasteiger partial charge on any atom is -0.470 e. The fourth-order valence-corrected chi connectivity index (χ4v) is 4.40. The Morgan fingerprint density at radius 3 is 2.59 bits per heavy atom. The minimum atomic E-state index is -0.312. The van der Waals surface area contributed by atoms with Crippen LogP contribution in [0.3, 0.4) is 0 Å². The molecule has 1 amide bonds. The van der Waals surface area contributed by atoms with Crippen molar-refractivity contribution in [3.05, 3.63) is 80.3 Å². The topological polar surface area (TPSA) is 50.6 Å². The number of amides is 1. The van der Waals surface area contributed by atoms with Crippen LogP contribution in [0.2, 0.25) is 10.0 Å². The fourth-order valence-electron chi connectivity index (χ4n) is 3.45. The second-order valence-corrected chi connectivity index (χ2v) is 9.09. The molecule has 0 bridgehead atoms. The van der Waals surface area contributed by atoms with Gasteiger partial charge in [0.1, 0.15) is 11.6 Å². The second kappa shape index (κ2) is 10.2. The fraction of sp³-hybridized carbons (Fsp3) is 0.273. The van der Waals surface area contributed by atoms with Crippen LogP contribution in [0.5, 0.6) is 5.75 Å². The van der Waals surface area contributed by atoms with E-state index in [0.717, 1.165) is 4.47 Å². The van der Waals surface area contributed by atoms with E-state index >= 15 is 0 Å². The molecule has 4 rings (SSSR count). The summed E-state index contributed by atoms with van der Waals surface area (Å²) in [6.45, 7) is 2.86. The predicted octanol–water partition coefficient (Wildman–Crippen LogP) is 5.09. The zero-order valence-electron chi connectivity index (χ0n) is 17.0. The number of ether oxygens (including phenoxy) is 1. The number of rotatable bonds is 6. The Morgan fingerprint density at radius 2 is 1.88 bits per heavy atom. The third-order valence-corrected chi connectivity index (χ3v) is 6.35. The van der Waals surface area contributed by atoms with Gasteiger partial charge in [0, 0.05) is 54.0 Å². The summed E-state index contributed by atoms with van der Waals surface area (Å²) in [5.74, 6) is 0.0755. The van der Waals surface area contributed by atoms with Gasteiger partial charge in [-0.2, -0.15) is 5.10 Å². The number of benzene rings is 2. The van der Waals surface area contributed by atoms with Crippen LogP contribution in [0, 0.1) is 5.82 Å². The van der Waals surface area contributed by atoms with E-state index in [-0.39, 0.29) is 18.5 Å². The van der Waals surface area contributed by atoms with Crippen LogP contribution in [-0.2, 0) is 13.3 Å². The molecule has 1 fully saturated rings. The SMILES string of the molecule is O=C(c1ccn(COc2ccc(Br)cc2Cl)n1)N1CCN(Cc2c(F)cccc2Cl)CC1. The van der Waals surface area contributed by atoms with Crippen molar-refractivity contribution >= 4 is 45.0 Å². The molecule has 1 aromatic heterocycles. The van der Waals surface area contributed by atoms with E-state index in [9.17, 15) is 9.18 Å². The summed E-state index contributed by atoms with van der Waals surface area (Å²) in [5.41, 5.74) is 0.833. The van der Waals surface area contributed by atoms with Gasteiger partial charge < -0.3 is 9.64 Å². The van der Waals surface area contributed by atoms with Gasteiger partial charge in [-0.1, -0.05) is 45.2 Å². The van der Waals surface area contributed by atoms with E-state index in [1.807, 2.05) is 6.07 Å². The normalized spacial score (nSPS) is 14.6. The molecule has 2 aromatic carbocycles. The van der Waals surface area contributed by atoms with Crippen molar-refractivity contribution in [1.82, 2.24) is 19.6 Å². The van der Waals surface area contributed by atoms with Gasteiger partial charge in [0.15, 0.2) is 12.4 Å². The summed E-state index contributed by atoms with van der Waals surface area (Å²) in [6, 6.07) is 11.7.